The van der Waals surface area contributed by atoms with Crippen molar-refractivity contribution in [3.8, 4) is 0 Å². The Kier molecular flexibility index (Phi) is 4.81. The second kappa shape index (κ2) is 5.09. The van der Waals surface area contributed by atoms with Crippen LogP contribution in [0.2, 0.25) is 0 Å². The predicted octanol–water partition coefficient (Wildman–Crippen LogP) is -0.402. The van der Waals surface area contributed by atoms with Crippen LogP contribution in [0.15, 0.2) is 0 Å². The molecule has 0 saturated carbocycles. The maximum absolute atomic E-state index is 10.4. The molecule has 1 unspecified atom stereocenters. The van der Waals surface area contributed by atoms with Gasteiger partial charge >= 0.3 is 5.97 Å². The summed E-state index contributed by atoms with van der Waals surface area (Å²) in [4.78, 5) is 12.3. The van der Waals surface area contributed by atoms with E-state index in [1.165, 1.54) is 0 Å². The molecule has 0 aromatic heterocycles. The van der Waals surface area contributed by atoms with Crippen LogP contribution in [0.3, 0.4) is 0 Å². The van der Waals surface area contributed by atoms with Crippen LogP contribution in [-0.4, -0.2) is 42.7 Å². The average Bonchev–Trinajstić information content (AvgIpc) is 1.87. The minimum atomic E-state index is -0.756. The van der Waals surface area contributed by atoms with E-state index in [2.05, 4.69) is 0 Å². The summed E-state index contributed by atoms with van der Waals surface area (Å²) >= 11 is 0. The van der Waals surface area contributed by atoms with Crippen LogP contribution in [0.25, 0.3) is 0 Å². The zero-order chi connectivity index (χ0) is 8.85. The molecule has 0 aliphatic rings. The highest BCUT2D eigenvalue weighted by atomic mass is 16.4. The highest BCUT2D eigenvalue weighted by Crippen LogP contribution is 1.96. The Morgan fingerprint density at radius 3 is 2.64 bits per heavy atom. The molecule has 0 aromatic carbocycles. The standard InChI is InChI=1S/C7H16N2O2/c1-6(7(10)11)5-9(2)4-3-8/h6H,3-5,8H2,1-2H3,(H,10,11). The van der Waals surface area contributed by atoms with Crippen molar-refractivity contribution in [2.45, 2.75) is 6.92 Å². The Hall–Kier alpha value is -0.610. The van der Waals surface area contributed by atoms with Crippen molar-refractivity contribution in [3.05, 3.63) is 0 Å². The van der Waals surface area contributed by atoms with Crippen LogP contribution in [0.1, 0.15) is 6.92 Å². The number of carboxylic acid groups (broad SMARTS) is 1. The lowest BCUT2D eigenvalue weighted by molar-refractivity contribution is -0.141. The van der Waals surface area contributed by atoms with Gasteiger partial charge in [-0.25, -0.2) is 0 Å². The lowest BCUT2D eigenvalue weighted by atomic mass is 10.2. The zero-order valence-corrected chi connectivity index (χ0v) is 7.08. The van der Waals surface area contributed by atoms with E-state index in [0.29, 0.717) is 13.1 Å². The molecule has 0 fully saturated rings. The smallest absolute Gasteiger partial charge is 0.307 e. The quantitative estimate of drug-likeness (QED) is 0.574. The number of hydrogen-bond donors (Lipinski definition) is 2. The Balaban J connectivity index is 3.56. The van der Waals surface area contributed by atoms with Crippen molar-refractivity contribution >= 4 is 5.97 Å². The maximum atomic E-state index is 10.4. The monoisotopic (exact) mass is 160 g/mol. The first-order valence-electron chi connectivity index (χ1n) is 3.69. The minimum Gasteiger partial charge on any atom is -0.481 e. The molecule has 0 spiro atoms. The van der Waals surface area contributed by atoms with Gasteiger partial charge in [0.2, 0.25) is 0 Å². The third-order valence-electron chi connectivity index (χ3n) is 1.52. The van der Waals surface area contributed by atoms with E-state index in [4.69, 9.17) is 10.8 Å². The van der Waals surface area contributed by atoms with Crippen molar-refractivity contribution in [3.63, 3.8) is 0 Å². The summed E-state index contributed by atoms with van der Waals surface area (Å²) in [5.74, 6) is -1.07. The highest BCUT2D eigenvalue weighted by molar-refractivity contribution is 5.69. The Morgan fingerprint density at radius 1 is 1.73 bits per heavy atom. The molecule has 0 saturated heterocycles. The number of nitrogens with two attached hydrogens (primary N) is 1. The summed E-state index contributed by atoms with van der Waals surface area (Å²) in [6, 6.07) is 0. The molecule has 0 aliphatic carbocycles. The molecule has 0 radical (unpaired) electrons. The van der Waals surface area contributed by atoms with Gasteiger partial charge in [0.25, 0.3) is 0 Å². The molecule has 0 rings (SSSR count). The lowest BCUT2D eigenvalue weighted by Crippen LogP contribution is -2.32. The van der Waals surface area contributed by atoms with E-state index >= 15 is 0 Å². The summed E-state index contributed by atoms with van der Waals surface area (Å²) in [6.07, 6.45) is 0. The molecule has 3 N–H and O–H groups in total. The summed E-state index contributed by atoms with van der Waals surface area (Å²) in [6.45, 7) is 3.57. The first kappa shape index (κ1) is 10.4. The first-order valence-corrected chi connectivity index (χ1v) is 3.69. The van der Waals surface area contributed by atoms with Crippen molar-refractivity contribution < 1.29 is 9.90 Å². The first-order chi connectivity index (χ1) is 5.07. The molecule has 66 valence electrons. The van der Waals surface area contributed by atoms with Crippen LogP contribution < -0.4 is 5.73 Å². The fourth-order valence-electron chi connectivity index (χ4n) is 0.857. The molecule has 0 heterocycles. The van der Waals surface area contributed by atoms with Crippen LogP contribution in [-0.2, 0) is 4.79 Å². The zero-order valence-electron chi connectivity index (χ0n) is 7.08. The van der Waals surface area contributed by atoms with Gasteiger partial charge in [-0.3, -0.25) is 4.79 Å². The number of carbonyl (C=O) groups is 1. The van der Waals surface area contributed by atoms with Crippen LogP contribution >= 0.6 is 0 Å². The van der Waals surface area contributed by atoms with Crippen LogP contribution in [0, 0.1) is 5.92 Å². The van der Waals surface area contributed by atoms with E-state index in [0.717, 1.165) is 6.54 Å². The fraction of sp³-hybridized carbons (Fsp3) is 0.857. The van der Waals surface area contributed by atoms with Crippen molar-refractivity contribution in [2.24, 2.45) is 11.7 Å². The molecular weight excluding hydrogens is 144 g/mol. The summed E-state index contributed by atoms with van der Waals surface area (Å²) in [7, 11) is 1.87. The van der Waals surface area contributed by atoms with Gasteiger partial charge in [0.1, 0.15) is 0 Å². The Morgan fingerprint density at radius 2 is 2.27 bits per heavy atom. The molecule has 4 nitrogen and oxygen atoms in total. The van der Waals surface area contributed by atoms with Gasteiger partial charge in [-0.1, -0.05) is 6.92 Å². The third-order valence-corrected chi connectivity index (χ3v) is 1.52. The van der Waals surface area contributed by atoms with Gasteiger partial charge in [0.05, 0.1) is 5.92 Å². The summed E-state index contributed by atoms with van der Waals surface area (Å²) in [5.41, 5.74) is 5.29. The van der Waals surface area contributed by atoms with E-state index < -0.39 is 5.97 Å². The van der Waals surface area contributed by atoms with Crippen LogP contribution in [0.5, 0.6) is 0 Å². The molecular formula is C7H16N2O2. The summed E-state index contributed by atoms with van der Waals surface area (Å²) in [5, 5.41) is 8.54. The van der Waals surface area contributed by atoms with Crippen LogP contribution in [0.4, 0.5) is 0 Å². The van der Waals surface area contributed by atoms with Gasteiger partial charge in [0.15, 0.2) is 0 Å². The van der Waals surface area contributed by atoms with Gasteiger partial charge in [-0.2, -0.15) is 0 Å². The number of aliphatic carboxylic acids is 1. The largest absolute Gasteiger partial charge is 0.481 e. The van der Waals surface area contributed by atoms with E-state index in [1.807, 2.05) is 11.9 Å². The van der Waals surface area contributed by atoms with E-state index in [9.17, 15) is 4.79 Å². The second-order valence-electron chi connectivity index (χ2n) is 2.79. The highest BCUT2D eigenvalue weighted by Gasteiger charge is 2.12. The molecule has 1 atom stereocenters. The number of nitrogens with zero attached hydrogens (tertiary/aromatic N) is 1. The molecule has 4 heteroatoms. The number of hydrogen-bond acceptors (Lipinski definition) is 3. The van der Waals surface area contributed by atoms with Gasteiger partial charge in [-0.05, 0) is 7.05 Å². The maximum Gasteiger partial charge on any atom is 0.307 e. The Labute approximate surface area is 67.0 Å². The fourth-order valence-corrected chi connectivity index (χ4v) is 0.857. The average molecular weight is 160 g/mol. The SMILES string of the molecule is CC(CN(C)CCN)C(=O)O. The molecule has 0 aliphatic heterocycles. The molecule has 0 aromatic rings. The molecule has 0 amide bonds. The van der Waals surface area contributed by atoms with Crippen molar-refractivity contribution in [1.82, 2.24) is 4.90 Å². The van der Waals surface area contributed by atoms with Gasteiger partial charge in [-0.15, -0.1) is 0 Å². The van der Waals surface area contributed by atoms with E-state index in [-0.39, 0.29) is 5.92 Å². The topological polar surface area (TPSA) is 66.6 Å². The van der Waals surface area contributed by atoms with Crippen molar-refractivity contribution in [2.75, 3.05) is 26.7 Å². The van der Waals surface area contributed by atoms with Crippen molar-refractivity contribution in [1.29, 1.82) is 0 Å². The predicted molar refractivity (Wildman–Crippen MR) is 43.4 cm³/mol. The molecule has 11 heavy (non-hydrogen) atoms. The number of likely N-dealkylation sites (N-methyl/N-ethyl adjacent to an activating group) is 1. The minimum absolute atomic E-state index is 0.313. The van der Waals surface area contributed by atoms with E-state index in [1.54, 1.807) is 6.92 Å². The summed E-state index contributed by atoms with van der Waals surface area (Å²) < 4.78 is 0. The molecule has 0 bridgehead atoms. The third kappa shape index (κ3) is 4.75. The number of rotatable bonds is 5. The second-order valence-corrected chi connectivity index (χ2v) is 2.79. The lowest BCUT2D eigenvalue weighted by Gasteiger charge is -2.17. The number of carboxylic acids is 1. The Bertz CT molecular complexity index is 128. The van der Waals surface area contributed by atoms with Gasteiger partial charge in [0, 0.05) is 19.6 Å². The normalized spacial score (nSPS) is 13.5. The van der Waals surface area contributed by atoms with Gasteiger partial charge < -0.3 is 15.7 Å².